The van der Waals surface area contributed by atoms with E-state index in [2.05, 4.69) is 39.0 Å². The van der Waals surface area contributed by atoms with E-state index in [4.69, 9.17) is 9.90 Å². The molecule has 8 nitrogen and oxygen atoms in total. The third-order valence-corrected chi connectivity index (χ3v) is 5.01. The van der Waals surface area contributed by atoms with E-state index in [9.17, 15) is 21.6 Å². The number of aliphatic carboxylic acids is 1. The third-order valence-electron chi connectivity index (χ3n) is 4.29. The van der Waals surface area contributed by atoms with Gasteiger partial charge < -0.3 is 5.11 Å². The first-order valence-corrected chi connectivity index (χ1v) is 10.9. The van der Waals surface area contributed by atoms with Crippen LogP contribution in [-0.2, 0) is 27.9 Å². The van der Waals surface area contributed by atoms with Gasteiger partial charge in [-0.05, 0) is 18.1 Å². The van der Waals surface area contributed by atoms with E-state index in [-0.39, 0.29) is 6.04 Å². The average Bonchev–Trinajstić information content (AvgIpc) is 3.10. The van der Waals surface area contributed by atoms with Gasteiger partial charge in [-0.25, -0.2) is 17.9 Å². The Bertz CT molecular complexity index is 932. The van der Waals surface area contributed by atoms with Crippen LogP contribution in [0, 0.1) is 0 Å². The molecule has 0 aliphatic carbocycles. The van der Waals surface area contributed by atoms with Gasteiger partial charge in [0.1, 0.15) is 0 Å². The summed E-state index contributed by atoms with van der Waals surface area (Å²) in [5, 5.41) is 11.5. The Labute approximate surface area is 172 Å². The fourth-order valence-electron chi connectivity index (χ4n) is 3.05. The van der Waals surface area contributed by atoms with Gasteiger partial charge in [0, 0.05) is 32.4 Å². The molecule has 1 aromatic carbocycles. The van der Waals surface area contributed by atoms with E-state index in [0.717, 1.165) is 26.1 Å². The van der Waals surface area contributed by atoms with Crippen LogP contribution in [0.3, 0.4) is 0 Å². The molecule has 1 atom stereocenters. The topological polar surface area (TPSA) is 105 Å². The fourth-order valence-corrected chi connectivity index (χ4v) is 3.54. The molecule has 0 amide bonds. The van der Waals surface area contributed by atoms with E-state index >= 15 is 0 Å². The average molecular weight is 448 g/mol. The van der Waals surface area contributed by atoms with Crippen LogP contribution in [0.4, 0.5) is 13.2 Å². The van der Waals surface area contributed by atoms with Gasteiger partial charge in [-0.2, -0.15) is 18.3 Å². The molecule has 0 saturated heterocycles. The maximum Gasteiger partial charge on any atom is 0.490 e. The van der Waals surface area contributed by atoms with Crippen LogP contribution in [0.15, 0.2) is 42.6 Å². The molecule has 30 heavy (non-hydrogen) atoms. The molecule has 0 saturated carbocycles. The van der Waals surface area contributed by atoms with Gasteiger partial charge in [-0.15, -0.1) is 0 Å². The molecule has 2 N–H and O–H groups in total. The summed E-state index contributed by atoms with van der Waals surface area (Å²) in [5.74, 6) is -2.76. The number of rotatable bonds is 6. The van der Waals surface area contributed by atoms with Crippen LogP contribution in [0.2, 0.25) is 0 Å². The zero-order valence-corrected chi connectivity index (χ0v) is 17.0. The lowest BCUT2D eigenvalue weighted by molar-refractivity contribution is -0.192. The van der Waals surface area contributed by atoms with Gasteiger partial charge in [0.05, 0.1) is 18.0 Å². The van der Waals surface area contributed by atoms with Gasteiger partial charge in [0.25, 0.3) is 0 Å². The molecular formula is C18H23F3N4O4S. The van der Waals surface area contributed by atoms with Crippen LogP contribution in [-0.4, -0.2) is 59.7 Å². The number of hydrogen-bond acceptors (Lipinski definition) is 5. The molecule has 0 fully saturated rings. The van der Waals surface area contributed by atoms with Crippen LogP contribution >= 0.6 is 0 Å². The van der Waals surface area contributed by atoms with Crippen molar-refractivity contribution in [2.24, 2.45) is 0 Å². The van der Waals surface area contributed by atoms with Gasteiger partial charge in [-0.3, -0.25) is 9.58 Å². The Balaban J connectivity index is 0.000000396. The lowest BCUT2D eigenvalue weighted by atomic mass is 10.1. The summed E-state index contributed by atoms with van der Waals surface area (Å²) < 4.78 is 58.8. The zero-order valence-electron chi connectivity index (χ0n) is 16.2. The summed E-state index contributed by atoms with van der Waals surface area (Å²) in [6.45, 7) is 3.06. The number of fused-ring (bicyclic) bond motifs is 1. The van der Waals surface area contributed by atoms with E-state index in [1.54, 1.807) is 0 Å². The first-order chi connectivity index (χ1) is 14.0. The predicted octanol–water partition coefficient (Wildman–Crippen LogP) is 2.01. The molecule has 1 aromatic heterocycles. The number of carbonyl (C=O) groups is 1. The molecule has 2 aromatic rings. The van der Waals surface area contributed by atoms with Crippen LogP contribution in [0.5, 0.6) is 0 Å². The lowest BCUT2D eigenvalue weighted by Gasteiger charge is -2.34. The monoisotopic (exact) mass is 448 g/mol. The summed E-state index contributed by atoms with van der Waals surface area (Å²) >= 11 is 0. The quantitative estimate of drug-likeness (QED) is 0.701. The normalized spacial score (nSPS) is 17.0. The number of halogens is 3. The number of carboxylic acids is 1. The Kier molecular flexibility index (Phi) is 7.98. The molecule has 1 unspecified atom stereocenters. The minimum atomic E-state index is -5.08. The first kappa shape index (κ1) is 23.8. The Morgan fingerprint density at radius 2 is 1.90 bits per heavy atom. The first-order valence-electron chi connectivity index (χ1n) is 8.99. The van der Waals surface area contributed by atoms with Crippen LogP contribution < -0.4 is 4.72 Å². The van der Waals surface area contributed by atoms with Crippen molar-refractivity contribution in [3.8, 4) is 0 Å². The number of nitrogens with zero attached hydrogens (tertiary/aromatic N) is 3. The van der Waals surface area contributed by atoms with Gasteiger partial charge in [0.2, 0.25) is 10.0 Å². The minimum absolute atomic E-state index is 0.187. The van der Waals surface area contributed by atoms with E-state index < -0.39 is 22.2 Å². The molecule has 0 radical (unpaired) electrons. The highest BCUT2D eigenvalue weighted by atomic mass is 32.2. The van der Waals surface area contributed by atoms with Crippen molar-refractivity contribution in [1.82, 2.24) is 19.4 Å². The molecule has 1 aliphatic heterocycles. The second kappa shape index (κ2) is 10.0. The van der Waals surface area contributed by atoms with E-state index in [1.807, 2.05) is 23.0 Å². The van der Waals surface area contributed by atoms with Gasteiger partial charge in [0.15, 0.2) is 0 Å². The number of sulfonamides is 1. The highest BCUT2D eigenvalue weighted by Crippen LogP contribution is 2.24. The number of benzene rings is 1. The number of aromatic nitrogens is 2. The second-order valence-corrected chi connectivity index (χ2v) is 8.67. The minimum Gasteiger partial charge on any atom is -0.475 e. The number of alkyl halides is 3. The Morgan fingerprint density at radius 3 is 2.47 bits per heavy atom. The summed E-state index contributed by atoms with van der Waals surface area (Å²) in [5.41, 5.74) is 2.46. The van der Waals surface area contributed by atoms with Crippen LogP contribution in [0.25, 0.3) is 0 Å². The number of nitrogens with one attached hydrogen (secondary N) is 1. The molecule has 0 bridgehead atoms. The molecule has 12 heteroatoms. The Morgan fingerprint density at radius 1 is 1.27 bits per heavy atom. The van der Waals surface area contributed by atoms with E-state index in [1.165, 1.54) is 17.5 Å². The van der Waals surface area contributed by atoms with Crippen molar-refractivity contribution in [1.29, 1.82) is 0 Å². The third kappa shape index (κ3) is 7.76. The highest BCUT2D eigenvalue weighted by Gasteiger charge is 2.38. The molecule has 166 valence electrons. The van der Waals surface area contributed by atoms with Gasteiger partial charge >= 0.3 is 12.1 Å². The highest BCUT2D eigenvalue weighted by molar-refractivity contribution is 7.88. The smallest absolute Gasteiger partial charge is 0.475 e. The molecule has 2 heterocycles. The van der Waals surface area contributed by atoms with Crippen molar-refractivity contribution in [2.75, 3.05) is 19.3 Å². The molecule has 0 spiro atoms. The predicted molar refractivity (Wildman–Crippen MR) is 103 cm³/mol. The Hall–Kier alpha value is -2.44. The largest absolute Gasteiger partial charge is 0.490 e. The summed E-state index contributed by atoms with van der Waals surface area (Å²) in [4.78, 5) is 11.3. The van der Waals surface area contributed by atoms with Crippen molar-refractivity contribution in [2.45, 2.75) is 31.7 Å². The molecular weight excluding hydrogens is 425 g/mol. The molecule has 1 aliphatic rings. The molecule has 3 rings (SSSR count). The van der Waals surface area contributed by atoms with Crippen LogP contribution in [0.1, 0.15) is 23.7 Å². The maximum absolute atomic E-state index is 11.2. The summed E-state index contributed by atoms with van der Waals surface area (Å²) in [6, 6.07) is 12.6. The van der Waals surface area contributed by atoms with Gasteiger partial charge in [-0.1, -0.05) is 30.3 Å². The summed E-state index contributed by atoms with van der Waals surface area (Å²) in [6.07, 6.45) is -1.35. The fraction of sp³-hybridized carbons (Fsp3) is 0.444. The standard InChI is InChI=1S/C16H22N4O2S.C2HF3O2/c1-23(21,22)18-10-8-16-13-19(11-14-5-3-2-4-6-14)12-15-7-9-17-20(15)16;3-2(4,5)1(6)7/h2-7,9,16,18H,8,10-13H2,1H3;(H,6,7). The maximum atomic E-state index is 11.2. The second-order valence-electron chi connectivity index (χ2n) is 6.83. The number of carboxylic acid groups (broad SMARTS) is 1. The van der Waals surface area contributed by atoms with Crippen molar-refractivity contribution in [3.63, 3.8) is 0 Å². The van der Waals surface area contributed by atoms with Crippen molar-refractivity contribution < 1.29 is 31.5 Å². The van der Waals surface area contributed by atoms with Crippen molar-refractivity contribution in [3.05, 3.63) is 53.9 Å². The number of hydrogen-bond donors (Lipinski definition) is 2. The summed E-state index contributed by atoms with van der Waals surface area (Å²) in [7, 11) is -3.14. The SMILES string of the molecule is CS(=O)(=O)NCCC1CN(Cc2ccccc2)Cc2ccnn21.O=C(O)C(F)(F)F. The van der Waals surface area contributed by atoms with Crippen molar-refractivity contribution >= 4 is 16.0 Å². The van der Waals surface area contributed by atoms with E-state index in [0.29, 0.717) is 6.54 Å². The lowest BCUT2D eigenvalue weighted by Crippen LogP contribution is -2.38. The zero-order chi connectivity index (χ0) is 22.4.